The Morgan fingerprint density at radius 3 is 2.61 bits per heavy atom. The highest BCUT2D eigenvalue weighted by Gasteiger charge is 2.43. The smallest absolute Gasteiger partial charge is 0.228 e. The first-order chi connectivity index (χ1) is 11.3. The molecule has 2 aromatic rings. The van der Waals surface area contributed by atoms with Crippen molar-refractivity contribution in [2.24, 2.45) is 5.92 Å². The van der Waals surface area contributed by atoms with E-state index in [0.29, 0.717) is 18.4 Å². The minimum atomic E-state index is 0.218. The van der Waals surface area contributed by atoms with E-state index in [1.54, 1.807) is 6.20 Å². The lowest BCUT2D eigenvalue weighted by atomic mass is 10.0. The van der Waals surface area contributed by atoms with Gasteiger partial charge < -0.3 is 0 Å². The molecular formula is C20H18N2O. The molecule has 1 aromatic carbocycles. The summed E-state index contributed by atoms with van der Waals surface area (Å²) >= 11 is 0. The van der Waals surface area contributed by atoms with Gasteiger partial charge >= 0.3 is 0 Å². The van der Waals surface area contributed by atoms with Crippen LogP contribution < -0.4 is 4.90 Å². The van der Waals surface area contributed by atoms with Gasteiger partial charge in [-0.15, -0.1) is 0 Å². The van der Waals surface area contributed by atoms with E-state index in [4.69, 9.17) is 0 Å². The molecule has 2 fully saturated rings. The lowest BCUT2D eigenvalue weighted by Crippen LogP contribution is -2.33. The Balaban J connectivity index is 1.55. The molecule has 1 aromatic heterocycles. The summed E-state index contributed by atoms with van der Waals surface area (Å²) in [5.41, 5.74) is 1.85. The molecule has 4 rings (SSSR count). The molecular weight excluding hydrogens is 284 g/mol. The summed E-state index contributed by atoms with van der Waals surface area (Å²) in [4.78, 5) is 18.6. The molecule has 1 amide bonds. The Labute approximate surface area is 136 Å². The van der Waals surface area contributed by atoms with E-state index < -0.39 is 0 Å². The molecule has 2 aliphatic rings. The SMILES string of the molecule is O=C1CC2CCCC2N1c1ccc(C#Cc2ccccc2)cn1. The Morgan fingerprint density at radius 1 is 1.00 bits per heavy atom. The average Bonchev–Trinajstić information content (AvgIpc) is 3.14. The Kier molecular flexibility index (Phi) is 3.59. The molecule has 2 atom stereocenters. The third-order valence-electron chi connectivity index (χ3n) is 4.78. The number of benzene rings is 1. The monoisotopic (exact) mass is 302 g/mol. The number of nitrogens with zero attached hydrogens (tertiary/aromatic N) is 2. The van der Waals surface area contributed by atoms with Crippen LogP contribution in [0, 0.1) is 17.8 Å². The highest BCUT2D eigenvalue weighted by molar-refractivity contribution is 5.95. The fraction of sp³-hybridized carbons (Fsp3) is 0.300. The summed E-state index contributed by atoms with van der Waals surface area (Å²) < 4.78 is 0. The number of amides is 1. The van der Waals surface area contributed by atoms with Gasteiger partial charge in [-0.25, -0.2) is 4.98 Å². The van der Waals surface area contributed by atoms with E-state index in [-0.39, 0.29) is 5.91 Å². The molecule has 0 N–H and O–H groups in total. The van der Waals surface area contributed by atoms with Gasteiger partial charge in [0.05, 0.1) is 0 Å². The van der Waals surface area contributed by atoms with E-state index in [1.165, 1.54) is 12.8 Å². The van der Waals surface area contributed by atoms with Crippen molar-refractivity contribution >= 4 is 11.7 Å². The van der Waals surface area contributed by atoms with Gasteiger partial charge in [-0.3, -0.25) is 9.69 Å². The quantitative estimate of drug-likeness (QED) is 0.757. The number of hydrogen-bond donors (Lipinski definition) is 0. The maximum absolute atomic E-state index is 12.2. The highest BCUT2D eigenvalue weighted by atomic mass is 16.2. The van der Waals surface area contributed by atoms with Crippen molar-refractivity contribution in [3.8, 4) is 11.8 Å². The van der Waals surface area contributed by atoms with Gasteiger partial charge in [0.25, 0.3) is 0 Å². The van der Waals surface area contributed by atoms with Crippen LogP contribution in [0.2, 0.25) is 0 Å². The zero-order chi connectivity index (χ0) is 15.6. The molecule has 1 saturated heterocycles. The van der Waals surface area contributed by atoms with Crippen LogP contribution in [-0.2, 0) is 4.79 Å². The van der Waals surface area contributed by atoms with Crippen molar-refractivity contribution in [2.45, 2.75) is 31.7 Å². The topological polar surface area (TPSA) is 33.2 Å². The third-order valence-corrected chi connectivity index (χ3v) is 4.78. The molecule has 2 heterocycles. The van der Waals surface area contributed by atoms with Crippen molar-refractivity contribution in [3.05, 3.63) is 59.8 Å². The number of fused-ring (bicyclic) bond motifs is 1. The molecule has 0 bridgehead atoms. The van der Waals surface area contributed by atoms with Gasteiger partial charge in [0.1, 0.15) is 5.82 Å². The first kappa shape index (κ1) is 14.0. The summed E-state index contributed by atoms with van der Waals surface area (Å²) in [5.74, 6) is 7.77. The minimum absolute atomic E-state index is 0.218. The lowest BCUT2D eigenvalue weighted by molar-refractivity contribution is -0.117. The van der Waals surface area contributed by atoms with Gasteiger partial charge in [-0.2, -0.15) is 0 Å². The molecule has 3 nitrogen and oxygen atoms in total. The maximum atomic E-state index is 12.2. The first-order valence-corrected chi connectivity index (χ1v) is 8.16. The van der Waals surface area contributed by atoms with Crippen LogP contribution >= 0.6 is 0 Å². The van der Waals surface area contributed by atoms with E-state index in [1.807, 2.05) is 47.4 Å². The fourth-order valence-electron chi connectivity index (χ4n) is 3.67. The molecule has 1 saturated carbocycles. The zero-order valence-electron chi connectivity index (χ0n) is 12.9. The molecule has 3 heteroatoms. The number of anilines is 1. The van der Waals surface area contributed by atoms with Crippen molar-refractivity contribution in [1.82, 2.24) is 4.98 Å². The van der Waals surface area contributed by atoms with Crippen LogP contribution in [0.25, 0.3) is 0 Å². The summed E-state index contributed by atoms with van der Waals surface area (Å²) in [6.07, 6.45) is 5.95. The molecule has 0 radical (unpaired) electrons. The summed E-state index contributed by atoms with van der Waals surface area (Å²) in [6.45, 7) is 0. The summed E-state index contributed by atoms with van der Waals surface area (Å²) in [6, 6.07) is 14.1. The first-order valence-electron chi connectivity index (χ1n) is 8.16. The van der Waals surface area contributed by atoms with Crippen molar-refractivity contribution in [2.75, 3.05) is 4.90 Å². The minimum Gasteiger partial charge on any atom is -0.293 e. The van der Waals surface area contributed by atoms with Crippen LogP contribution in [0.4, 0.5) is 5.82 Å². The molecule has 114 valence electrons. The third kappa shape index (κ3) is 2.73. The van der Waals surface area contributed by atoms with E-state index in [9.17, 15) is 4.79 Å². The Morgan fingerprint density at radius 2 is 1.83 bits per heavy atom. The molecule has 2 unspecified atom stereocenters. The summed E-state index contributed by atoms with van der Waals surface area (Å²) in [5, 5.41) is 0. The number of aromatic nitrogens is 1. The van der Waals surface area contributed by atoms with Crippen molar-refractivity contribution in [1.29, 1.82) is 0 Å². The van der Waals surface area contributed by atoms with Crippen molar-refractivity contribution in [3.63, 3.8) is 0 Å². The second kappa shape index (κ2) is 5.89. The molecule has 0 spiro atoms. The number of carbonyl (C=O) groups is 1. The van der Waals surface area contributed by atoms with Gasteiger partial charge in [0.15, 0.2) is 0 Å². The predicted molar refractivity (Wildman–Crippen MR) is 89.9 cm³/mol. The number of pyridine rings is 1. The van der Waals surface area contributed by atoms with Crippen LogP contribution in [0.1, 0.15) is 36.8 Å². The van der Waals surface area contributed by atoms with Gasteiger partial charge in [-0.05, 0) is 43.0 Å². The van der Waals surface area contributed by atoms with E-state index in [0.717, 1.165) is 23.4 Å². The number of carbonyl (C=O) groups excluding carboxylic acids is 1. The highest BCUT2D eigenvalue weighted by Crippen LogP contribution is 2.40. The zero-order valence-corrected chi connectivity index (χ0v) is 12.9. The van der Waals surface area contributed by atoms with E-state index >= 15 is 0 Å². The van der Waals surface area contributed by atoms with Gasteiger partial charge in [0.2, 0.25) is 5.91 Å². The van der Waals surface area contributed by atoms with Gasteiger partial charge in [0, 0.05) is 29.8 Å². The van der Waals surface area contributed by atoms with E-state index in [2.05, 4.69) is 16.8 Å². The van der Waals surface area contributed by atoms with Crippen LogP contribution in [0.5, 0.6) is 0 Å². The second-order valence-corrected chi connectivity index (χ2v) is 6.25. The molecule has 1 aliphatic heterocycles. The Bertz CT molecular complexity index is 771. The average molecular weight is 302 g/mol. The Hall–Kier alpha value is -2.60. The largest absolute Gasteiger partial charge is 0.293 e. The van der Waals surface area contributed by atoms with Crippen LogP contribution in [0.3, 0.4) is 0 Å². The number of rotatable bonds is 1. The molecule has 23 heavy (non-hydrogen) atoms. The normalized spacial score (nSPS) is 22.6. The standard InChI is InChI=1S/C20H18N2O/c23-20-13-17-7-4-8-18(17)22(20)19-12-11-16(14-21-19)10-9-15-5-2-1-3-6-15/h1-3,5-6,11-12,14,17-18H,4,7-8,13H2. The fourth-order valence-corrected chi connectivity index (χ4v) is 3.67. The number of hydrogen-bond acceptors (Lipinski definition) is 2. The van der Waals surface area contributed by atoms with Crippen molar-refractivity contribution < 1.29 is 4.79 Å². The van der Waals surface area contributed by atoms with Gasteiger partial charge in [-0.1, -0.05) is 36.5 Å². The summed E-state index contributed by atoms with van der Waals surface area (Å²) in [7, 11) is 0. The maximum Gasteiger partial charge on any atom is 0.228 e. The lowest BCUT2D eigenvalue weighted by Gasteiger charge is -2.22. The van der Waals surface area contributed by atoms with Crippen LogP contribution in [0.15, 0.2) is 48.7 Å². The molecule has 1 aliphatic carbocycles. The second-order valence-electron chi connectivity index (χ2n) is 6.25. The van der Waals surface area contributed by atoms with Crippen LogP contribution in [-0.4, -0.2) is 16.9 Å². The predicted octanol–water partition coefficient (Wildman–Crippen LogP) is 3.39.